The maximum absolute atomic E-state index is 12.4. The summed E-state index contributed by atoms with van der Waals surface area (Å²) in [5, 5.41) is 6.05. The second-order valence-corrected chi connectivity index (χ2v) is 4.69. The maximum Gasteiger partial charge on any atom is 0.275 e. The van der Waals surface area contributed by atoms with E-state index in [0.717, 1.165) is 24.1 Å². The van der Waals surface area contributed by atoms with E-state index < -0.39 is 0 Å². The summed E-state index contributed by atoms with van der Waals surface area (Å²) in [7, 11) is 0. The van der Waals surface area contributed by atoms with Crippen molar-refractivity contribution in [3.63, 3.8) is 0 Å². The molecule has 2 heterocycles. The van der Waals surface area contributed by atoms with E-state index in [1.165, 1.54) is 0 Å². The van der Waals surface area contributed by atoms with E-state index in [4.69, 9.17) is 0 Å². The van der Waals surface area contributed by atoms with Gasteiger partial charge < -0.3 is 0 Å². The fraction of sp³-hybridized carbons (Fsp3) is 0.188. The van der Waals surface area contributed by atoms with Gasteiger partial charge >= 0.3 is 0 Å². The molecule has 0 spiro atoms. The van der Waals surface area contributed by atoms with Gasteiger partial charge in [0.2, 0.25) is 0 Å². The molecule has 1 aromatic carbocycles. The summed E-state index contributed by atoms with van der Waals surface area (Å²) >= 11 is 0. The van der Waals surface area contributed by atoms with Gasteiger partial charge in [-0.15, -0.1) is 0 Å². The van der Waals surface area contributed by atoms with Crippen molar-refractivity contribution in [2.24, 2.45) is 5.10 Å². The lowest BCUT2D eigenvalue weighted by molar-refractivity contribution is 0.0751. The smallest absolute Gasteiger partial charge is 0.267 e. The van der Waals surface area contributed by atoms with Crippen molar-refractivity contribution in [2.45, 2.75) is 12.8 Å². The third kappa shape index (κ3) is 2.59. The molecule has 0 radical (unpaired) electrons. The maximum atomic E-state index is 12.4. The Labute approximate surface area is 117 Å². The molecular weight excluding hydrogens is 250 g/mol. The van der Waals surface area contributed by atoms with Crippen LogP contribution >= 0.6 is 0 Å². The highest BCUT2D eigenvalue weighted by atomic mass is 16.2. The van der Waals surface area contributed by atoms with Crippen LogP contribution in [0.5, 0.6) is 0 Å². The first-order chi connectivity index (χ1) is 9.84. The Hall–Kier alpha value is -2.49. The van der Waals surface area contributed by atoms with Gasteiger partial charge in [-0.3, -0.25) is 9.78 Å². The van der Waals surface area contributed by atoms with Crippen molar-refractivity contribution in [1.29, 1.82) is 0 Å². The fourth-order valence-corrected chi connectivity index (χ4v) is 2.26. The van der Waals surface area contributed by atoms with Crippen LogP contribution in [0.3, 0.4) is 0 Å². The number of carbonyl (C=O) groups is 1. The highest BCUT2D eigenvalue weighted by Gasteiger charge is 2.20. The number of hydrogen-bond donors (Lipinski definition) is 0. The Morgan fingerprint density at radius 2 is 1.95 bits per heavy atom. The molecule has 0 aliphatic carbocycles. The zero-order chi connectivity index (χ0) is 13.8. The van der Waals surface area contributed by atoms with Crippen LogP contribution in [0.15, 0.2) is 60.0 Å². The Morgan fingerprint density at radius 3 is 2.70 bits per heavy atom. The third-order valence-corrected chi connectivity index (χ3v) is 3.27. The van der Waals surface area contributed by atoms with Gasteiger partial charge in [0.05, 0.1) is 11.3 Å². The Morgan fingerprint density at radius 1 is 1.10 bits per heavy atom. The van der Waals surface area contributed by atoms with Gasteiger partial charge in [-0.1, -0.05) is 30.3 Å². The van der Waals surface area contributed by atoms with Gasteiger partial charge in [-0.25, -0.2) is 5.01 Å². The van der Waals surface area contributed by atoms with Crippen molar-refractivity contribution >= 4 is 11.6 Å². The van der Waals surface area contributed by atoms with E-state index in [2.05, 4.69) is 10.1 Å². The number of hydrogen-bond acceptors (Lipinski definition) is 3. The van der Waals surface area contributed by atoms with Crippen LogP contribution in [-0.2, 0) is 0 Å². The van der Waals surface area contributed by atoms with Crippen LogP contribution < -0.4 is 0 Å². The largest absolute Gasteiger partial charge is 0.275 e. The van der Waals surface area contributed by atoms with Crippen LogP contribution in [-0.4, -0.2) is 28.2 Å². The molecule has 0 unspecified atom stereocenters. The van der Waals surface area contributed by atoms with Gasteiger partial charge in [0.1, 0.15) is 0 Å². The first-order valence-electron chi connectivity index (χ1n) is 6.69. The molecule has 100 valence electrons. The SMILES string of the molecule is O=C(c1cccnc1)N1CCCC(c2ccccc2)=N1. The van der Waals surface area contributed by atoms with Crippen LogP contribution in [0.4, 0.5) is 0 Å². The Balaban J connectivity index is 1.86. The average molecular weight is 265 g/mol. The van der Waals surface area contributed by atoms with Gasteiger partial charge in [-0.05, 0) is 30.5 Å². The lowest BCUT2D eigenvalue weighted by atomic mass is 10.0. The van der Waals surface area contributed by atoms with Crippen molar-refractivity contribution in [1.82, 2.24) is 9.99 Å². The summed E-state index contributed by atoms with van der Waals surface area (Å²) < 4.78 is 0. The topological polar surface area (TPSA) is 45.6 Å². The minimum Gasteiger partial charge on any atom is -0.267 e. The molecule has 1 aliphatic heterocycles. The second-order valence-electron chi connectivity index (χ2n) is 4.69. The molecule has 0 atom stereocenters. The van der Waals surface area contributed by atoms with E-state index >= 15 is 0 Å². The number of benzene rings is 1. The highest BCUT2D eigenvalue weighted by Crippen LogP contribution is 2.16. The zero-order valence-electron chi connectivity index (χ0n) is 11.1. The van der Waals surface area contributed by atoms with Crippen LogP contribution in [0.25, 0.3) is 0 Å². The third-order valence-electron chi connectivity index (χ3n) is 3.27. The summed E-state index contributed by atoms with van der Waals surface area (Å²) in [6.07, 6.45) is 5.07. The van der Waals surface area contributed by atoms with Crippen molar-refractivity contribution < 1.29 is 4.79 Å². The van der Waals surface area contributed by atoms with Crippen molar-refractivity contribution in [3.05, 3.63) is 66.0 Å². The summed E-state index contributed by atoms with van der Waals surface area (Å²) in [4.78, 5) is 16.3. The predicted molar refractivity (Wildman–Crippen MR) is 77.5 cm³/mol. The summed E-state index contributed by atoms with van der Waals surface area (Å²) in [6, 6.07) is 13.5. The highest BCUT2D eigenvalue weighted by molar-refractivity contribution is 6.02. The Kier molecular flexibility index (Phi) is 3.54. The lowest BCUT2D eigenvalue weighted by Crippen LogP contribution is -2.32. The minimum absolute atomic E-state index is 0.0915. The van der Waals surface area contributed by atoms with Gasteiger partial charge in [0.25, 0.3) is 5.91 Å². The minimum atomic E-state index is -0.0915. The first kappa shape index (κ1) is 12.5. The number of nitrogens with zero attached hydrogens (tertiary/aromatic N) is 3. The number of aromatic nitrogens is 1. The molecule has 0 saturated heterocycles. The number of rotatable bonds is 2. The first-order valence-corrected chi connectivity index (χ1v) is 6.69. The summed E-state index contributed by atoms with van der Waals surface area (Å²) in [6.45, 7) is 0.657. The molecule has 2 aromatic rings. The van der Waals surface area contributed by atoms with Crippen LogP contribution in [0.1, 0.15) is 28.8 Å². The van der Waals surface area contributed by atoms with E-state index in [9.17, 15) is 4.79 Å². The molecule has 0 N–H and O–H groups in total. The molecule has 0 bridgehead atoms. The van der Waals surface area contributed by atoms with E-state index in [-0.39, 0.29) is 5.91 Å². The van der Waals surface area contributed by atoms with Crippen molar-refractivity contribution in [3.8, 4) is 0 Å². The average Bonchev–Trinajstić information content (AvgIpc) is 2.56. The van der Waals surface area contributed by atoms with Crippen LogP contribution in [0, 0.1) is 0 Å². The molecule has 1 aromatic heterocycles. The molecule has 0 fully saturated rings. The number of hydrazone groups is 1. The molecule has 4 heteroatoms. The second kappa shape index (κ2) is 5.65. The number of carbonyl (C=O) groups excluding carboxylic acids is 1. The molecule has 3 rings (SSSR count). The monoisotopic (exact) mass is 265 g/mol. The summed E-state index contributed by atoms with van der Waals surface area (Å²) in [5.74, 6) is -0.0915. The van der Waals surface area contributed by atoms with E-state index in [1.807, 2.05) is 30.3 Å². The summed E-state index contributed by atoms with van der Waals surface area (Å²) in [5.41, 5.74) is 2.62. The number of pyridine rings is 1. The molecule has 0 saturated carbocycles. The van der Waals surface area contributed by atoms with Crippen LogP contribution in [0.2, 0.25) is 0 Å². The van der Waals surface area contributed by atoms with Gasteiger partial charge in [0, 0.05) is 18.9 Å². The molecule has 1 aliphatic rings. The fourth-order valence-electron chi connectivity index (χ4n) is 2.26. The van der Waals surface area contributed by atoms with Crippen molar-refractivity contribution in [2.75, 3.05) is 6.54 Å². The van der Waals surface area contributed by atoms with Gasteiger partial charge in [-0.2, -0.15) is 5.10 Å². The molecular formula is C16H15N3O. The number of amides is 1. The standard InChI is InChI=1S/C16H15N3O/c20-16(14-8-4-10-17-12-14)19-11-5-9-15(18-19)13-6-2-1-3-7-13/h1-4,6-8,10,12H,5,9,11H2. The molecule has 4 nitrogen and oxygen atoms in total. The Bertz CT molecular complexity index is 623. The molecule has 1 amide bonds. The van der Waals surface area contributed by atoms with E-state index in [1.54, 1.807) is 29.5 Å². The molecule has 20 heavy (non-hydrogen) atoms. The normalized spacial score (nSPS) is 14.8. The lowest BCUT2D eigenvalue weighted by Gasteiger charge is -2.23. The predicted octanol–water partition coefficient (Wildman–Crippen LogP) is 2.72. The van der Waals surface area contributed by atoms with Gasteiger partial charge in [0.15, 0.2) is 0 Å². The zero-order valence-corrected chi connectivity index (χ0v) is 11.1. The quantitative estimate of drug-likeness (QED) is 0.838. The van der Waals surface area contributed by atoms with E-state index in [0.29, 0.717) is 12.1 Å².